The van der Waals surface area contributed by atoms with Crippen molar-refractivity contribution in [2.24, 2.45) is 0 Å². The van der Waals surface area contributed by atoms with Gasteiger partial charge in [-0.05, 0) is 36.1 Å². The Kier molecular flexibility index (Phi) is 7.46. The number of carbonyl (C=O) groups excluding carboxylic acids is 1. The Hall–Kier alpha value is -2.37. The molecule has 5 nitrogen and oxygen atoms in total. The van der Waals surface area contributed by atoms with Crippen LogP contribution < -0.4 is 10.1 Å². The number of aryl methyl sites for hydroxylation is 1. The van der Waals surface area contributed by atoms with E-state index in [-0.39, 0.29) is 5.91 Å². The van der Waals surface area contributed by atoms with Crippen LogP contribution in [0.5, 0.6) is 5.75 Å². The number of ether oxygens (including phenoxy) is 2. The Morgan fingerprint density at radius 3 is 2.68 bits per heavy atom. The molecule has 0 aromatic heterocycles. The van der Waals surface area contributed by atoms with Gasteiger partial charge in [0.15, 0.2) is 6.10 Å². The smallest absolute Gasteiger partial charge is 0.261 e. The summed E-state index contributed by atoms with van der Waals surface area (Å²) < 4.78 is 11.3. The number of hydrogen-bond acceptors (Lipinski definition) is 4. The number of carbonyl (C=O) groups is 1. The zero-order chi connectivity index (χ0) is 19.8. The summed E-state index contributed by atoms with van der Waals surface area (Å²) >= 11 is 0. The highest BCUT2D eigenvalue weighted by Crippen LogP contribution is 2.19. The third-order valence-corrected chi connectivity index (χ3v) is 4.99. The van der Waals surface area contributed by atoms with Crippen molar-refractivity contribution >= 4 is 5.91 Å². The predicted octanol–water partition coefficient (Wildman–Crippen LogP) is 3.16. The van der Waals surface area contributed by atoms with E-state index in [0.29, 0.717) is 6.54 Å². The van der Waals surface area contributed by atoms with E-state index in [2.05, 4.69) is 35.3 Å². The van der Waals surface area contributed by atoms with Gasteiger partial charge in [-0.15, -0.1) is 0 Å². The molecular formula is C23H30N2O3. The fourth-order valence-electron chi connectivity index (χ4n) is 3.34. The lowest BCUT2D eigenvalue weighted by Gasteiger charge is -2.26. The van der Waals surface area contributed by atoms with Crippen LogP contribution in [0.1, 0.15) is 30.5 Å². The average Bonchev–Trinajstić information content (AvgIpc) is 2.73. The topological polar surface area (TPSA) is 50.8 Å². The highest BCUT2D eigenvalue weighted by molar-refractivity contribution is 5.80. The average molecular weight is 383 g/mol. The van der Waals surface area contributed by atoms with Crippen LogP contribution in [0.25, 0.3) is 0 Å². The Balaban J connectivity index is 1.51. The maximum atomic E-state index is 12.5. The minimum Gasteiger partial charge on any atom is -0.481 e. The van der Waals surface area contributed by atoms with Gasteiger partial charge in [-0.2, -0.15) is 0 Å². The highest BCUT2D eigenvalue weighted by Gasteiger charge is 2.16. The van der Waals surface area contributed by atoms with Crippen LogP contribution in [0.15, 0.2) is 48.5 Å². The number of morpholine rings is 1. The molecule has 1 aliphatic heterocycles. The maximum Gasteiger partial charge on any atom is 0.261 e. The molecule has 1 fully saturated rings. The first-order chi connectivity index (χ1) is 13.7. The van der Waals surface area contributed by atoms with Gasteiger partial charge < -0.3 is 14.8 Å². The lowest BCUT2D eigenvalue weighted by Crippen LogP contribution is -2.36. The van der Waals surface area contributed by atoms with Gasteiger partial charge in [-0.25, -0.2) is 0 Å². The van der Waals surface area contributed by atoms with Crippen molar-refractivity contribution in [3.8, 4) is 5.75 Å². The summed E-state index contributed by atoms with van der Waals surface area (Å²) in [6.07, 6.45) is 0.338. The van der Waals surface area contributed by atoms with Gasteiger partial charge in [0, 0.05) is 26.2 Å². The fourth-order valence-corrected chi connectivity index (χ4v) is 3.34. The molecule has 1 unspecified atom stereocenters. The molecule has 28 heavy (non-hydrogen) atoms. The van der Waals surface area contributed by atoms with Gasteiger partial charge in [0.25, 0.3) is 5.91 Å². The molecule has 1 aliphatic rings. The quantitative estimate of drug-likeness (QED) is 0.762. The van der Waals surface area contributed by atoms with E-state index in [1.807, 2.05) is 30.3 Å². The monoisotopic (exact) mass is 382 g/mol. The lowest BCUT2D eigenvalue weighted by atomic mass is 10.1. The van der Waals surface area contributed by atoms with E-state index < -0.39 is 6.10 Å². The Morgan fingerprint density at radius 2 is 1.89 bits per heavy atom. The predicted molar refractivity (Wildman–Crippen MR) is 110 cm³/mol. The summed E-state index contributed by atoms with van der Waals surface area (Å²) in [6.45, 7) is 8.82. The number of rotatable bonds is 8. The summed E-state index contributed by atoms with van der Waals surface area (Å²) in [5.41, 5.74) is 3.47. The third kappa shape index (κ3) is 5.81. The summed E-state index contributed by atoms with van der Waals surface area (Å²) in [4.78, 5) is 14.9. The molecule has 5 heteroatoms. The van der Waals surface area contributed by atoms with Crippen LogP contribution in [-0.4, -0.2) is 43.2 Å². The zero-order valence-electron chi connectivity index (χ0n) is 16.8. The summed E-state index contributed by atoms with van der Waals surface area (Å²) in [5, 5.41) is 2.99. The van der Waals surface area contributed by atoms with E-state index >= 15 is 0 Å². The van der Waals surface area contributed by atoms with E-state index in [1.165, 1.54) is 5.56 Å². The maximum absolute atomic E-state index is 12.5. The second kappa shape index (κ2) is 10.2. The Bertz CT molecular complexity index is 772. The van der Waals surface area contributed by atoms with Gasteiger partial charge in [-0.3, -0.25) is 9.69 Å². The van der Waals surface area contributed by atoms with Crippen molar-refractivity contribution < 1.29 is 14.3 Å². The highest BCUT2D eigenvalue weighted by atomic mass is 16.5. The Morgan fingerprint density at radius 1 is 1.14 bits per heavy atom. The van der Waals surface area contributed by atoms with Crippen molar-refractivity contribution in [3.63, 3.8) is 0 Å². The minimum atomic E-state index is -0.538. The minimum absolute atomic E-state index is 0.107. The van der Waals surface area contributed by atoms with E-state index in [1.54, 1.807) is 6.92 Å². The van der Waals surface area contributed by atoms with Gasteiger partial charge in [0.1, 0.15) is 5.75 Å². The van der Waals surface area contributed by atoms with Gasteiger partial charge in [0.2, 0.25) is 0 Å². The fraction of sp³-hybridized carbons (Fsp3) is 0.435. The van der Waals surface area contributed by atoms with Gasteiger partial charge >= 0.3 is 0 Å². The van der Waals surface area contributed by atoms with Crippen LogP contribution >= 0.6 is 0 Å². The van der Waals surface area contributed by atoms with E-state index in [9.17, 15) is 4.79 Å². The van der Waals surface area contributed by atoms with E-state index in [4.69, 9.17) is 9.47 Å². The second-order valence-corrected chi connectivity index (χ2v) is 7.15. The number of nitrogens with one attached hydrogen (secondary N) is 1. The van der Waals surface area contributed by atoms with Crippen molar-refractivity contribution in [1.82, 2.24) is 10.2 Å². The molecule has 1 heterocycles. The first-order valence-corrected chi connectivity index (χ1v) is 10.1. The van der Waals surface area contributed by atoms with Crippen LogP contribution in [0.3, 0.4) is 0 Å². The molecule has 3 rings (SSSR count). The summed E-state index contributed by atoms with van der Waals surface area (Å²) in [6, 6.07) is 16.2. The third-order valence-electron chi connectivity index (χ3n) is 4.99. The molecule has 1 N–H and O–H groups in total. The van der Waals surface area contributed by atoms with Crippen LogP contribution in [0, 0.1) is 0 Å². The summed E-state index contributed by atoms with van der Waals surface area (Å²) in [7, 11) is 0. The molecule has 1 atom stereocenters. The number of para-hydroxylation sites is 1. The standard InChI is InChI=1S/C23H30N2O3/c1-3-21-9-4-5-10-22(21)28-18(2)23(26)24-16-19-7-6-8-20(15-19)17-25-11-13-27-14-12-25/h4-10,15,18H,3,11-14,16-17H2,1-2H3,(H,24,26). The molecular weight excluding hydrogens is 352 g/mol. The Labute approximate surface area is 167 Å². The normalized spacial score (nSPS) is 15.8. The molecule has 2 aromatic rings. The van der Waals surface area contributed by atoms with E-state index in [0.717, 1.165) is 56.1 Å². The molecule has 0 saturated carbocycles. The van der Waals surface area contributed by atoms with Crippen molar-refractivity contribution in [1.29, 1.82) is 0 Å². The molecule has 1 amide bonds. The molecule has 0 bridgehead atoms. The first-order valence-electron chi connectivity index (χ1n) is 10.1. The van der Waals surface area contributed by atoms with Crippen LogP contribution in [0.2, 0.25) is 0 Å². The molecule has 0 aliphatic carbocycles. The first kappa shape index (κ1) is 20.4. The van der Waals surface area contributed by atoms with Crippen molar-refractivity contribution in [2.45, 2.75) is 39.5 Å². The molecule has 150 valence electrons. The lowest BCUT2D eigenvalue weighted by molar-refractivity contribution is -0.127. The molecule has 0 radical (unpaired) electrons. The van der Waals surface area contributed by atoms with Crippen LogP contribution in [-0.2, 0) is 29.0 Å². The molecule has 2 aromatic carbocycles. The number of hydrogen-bond donors (Lipinski definition) is 1. The van der Waals surface area contributed by atoms with Gasteiger partial charge in [-0.1, -0.05) is 49.4 Å². The summed E-state index contributed by atoms with van der Waals surface area (Å²) in [5.74, 6) is 0.671. The molecule has 1 saturated heterocycles. The zero-order valence-corrected chi connectivity index (χ0v) is 16.8. The molecule has 0 spiro atoms. The number of amides is 1. The van der Waals surface area contributed by atoms with Crippen molar-refractivity contribution in [3.05, 3.63) is 65.2 Å². The number of nitrogens with zero attached hydrogens (tertiary/aromatic N) is 1. The SMILES string of the molecule is CCc1ccccc1OC(C)C(=O)NCc1cccc(CN2CCOCC2)c1. The van der Waals surface area contributed by atoms with Crippen LogP contribution in [0.4, 0.5) is 0 Å². The van der Waals surface area contributed by atoms with Gasteiger partial charge in [0.05, 0.1) is 13.2 Å². The largest absolute Gasteiger partial charge is 0.481 e. The van der Waals surface area contributed by atoms with Crippen molar-refractivity contribution in [2.75, 3.05) is 26.3 Å². The second-order valence-electron chi connectivity index (χ2n) is 7.15. The number of benzene rings is 2.